The molecular formula is C30H17Cl3F15N3O3. The fourth-order valence-electron chi connectivity index (χ4n) is 4.42. The Balaban J connectivity index is 1.75. The molecule has 6 nitrogen and oxygen atoms in total. The van der Waals surface area contributed by atoms with E-state index in [0.717, 1.165) is 12.2 Å². The molecule has 296 valence electrons. The van der Waals surface area contributed by atoms with Crippen molar-refractivity contribution in [3.05, 3.63) is 93.7 Å². The first kappa shape index (κ1) is 44.3. The molecule has 0 aliphatic heterocycles. The smallest absolute Gasteiger partial charge is 0.330 e. The van der Waals surface area contributed by atoms with Crippen molar-refractivity contribution < 1.29 is 80.2 Å². The van der Waals surface area contributed by atoms with Gasteiger partial charge in [-0.1, -0.05) is 18.2 Å². The summed E-state index contributed by atoms with van der Waals surface area (Å²) >= 11 is 18.1. The Morgan fingerprint density at radius 3 is 1.81 bits per heavy atom. The Kier molecular flexibility index (Phi) is 12.2. The molecule has 54 heavy (non-hydrogen) atoms. The largest absolute Gasteiger partial charge is 0.460 e. The second-order valence-corrected chi connectivity index (χ2v) is 13.0. The molecule has 0 heterocycles. The molecule has 0 radical (unpaired) electrons. The van der Waals surface area contributed by atoms with Gasteiger partial charge in [0.1, 0.15) is 15.8 Å². The van der Waals surface area contributed by atoms with Gasteiger partial charge in [0.2, 0.25) is 5.91 Å². The molecule has 3 amide bonds. The maximum atomic E-state index is 14.8. The summed E-state index contributed by atoms with van der Waals surface area (Å²) in [6.45, 7) is 4.43. The predicted octanol–water partition coefficient (Wildman–Crippen LogP) is 10.00. The molecule has 3 rings (SSSR count). The Labute approximate surface area is 307 Å². The predicted molar refractivity (Wildman–Crippen MR) is 162 cm³/mol. The van der Waals surface area contributed by atoms with E-state index in [2.05, 4.69) is 11.9 Å². The van der Waals surface area contributed by atoms with E-state index < -0.39 is 115 Å². The first-order valence-corrected chi connectivity index (χ1v) is 15.0. The van der Waals surface area contributed by atoms with Gasteiger partial charge in [-0.25, -0.2) is 8.78 Å². The quantitative estimate of drug-likeness (QED) is 0.0963. The van der Waals surface area contributed by atoms with E-state index in [1.807, 2.05) is 0 Å². The zero-order chi connectivity index (χ0) is 41.7. The minimum atomic E-state index is -6.98. The van der Waals surface area contributed by atoms with Crippen molar-refractivity contribution in [2.75, 3.05) is 10.6 Å². The molecule has 2 atom stereocenters. The standard InChI is InChI=1S/C30H17Cl3F15N3O3/c1-10(49-23(53)19-18(25(19,32)33)12-7-13(27(38,39)40)9-14(8-12)28(41,42)43)3-4-15(31)11(2)22(52)50-17-6-5-16(34)21(20(17)35)51-24(54)26(36,37)29(44,45)30(46,47)48/h3-9,18-19H,2H2,1H3,(H,49,53)(H,50,52)(H,51,54)/b10-3+,15-4+. The lowest BCUT2D eigenvalue weighted by Gasteiger charge is -2.27. The normalized spacial score (nSPS) is 18.2. The van der Waals surface area contributed by atoms with Gasteiger partial charge in [-0.15, -0.1) is 23.2 Å². The minimum Gasteiger partial charge on any atom is -0.330 e. The third-order valence-corrected chi connectivity index (χ3v) is 8.58. The van der Waals surface area contributed by atoms with E-state index in [4.69, 9.17) is 34.8 Å². The van der Waals surface area contributed by atoms with Crippen molar-refractivity contribution in [1.82, 2.24) is 5.32 Å². The van der Waals surface area contributed by atoms with Gasteiger partial charge in [-0.05, 0) is 55.0 Å². The van der Waals surface area contributed by atoms with Gasteiger partial charge < -0.3 is 16.0 Å². The molecule has 0 saturated heterocycles. The number of alkyl halides is 15. The van der Waals surface area contributed by atoms with Crippen LogP contribution in [0, 0.1) is 17.6 Å². The van der Waals surface area contributed by atoms with Gasteiger partial charge in [-0.2, -0.15) is 57.1 Å². The molecule has 2 unspecified atom stereocenters. The zero-order valence-corrected chi connectivity index (χ0v) is 28.2. The molecule has 2 aromatic carbocycles. The van der Waals surface area contributed by atoms with Crippen LogP contribution in [0.3, 0.4) is 0 Å². The maximum Gasteiger partial charge on any atom is 0.460 e. The van der Waals surface area contributed by atoms with Crippen molar-refractivity contribution in [3.63, 3.8) is 0 Å². The molecule has 1 fully saturated rings. The van der Waals surface area contributed by atoms with Gasteiger partial charge in [0, 0.05) is 11.6 Å². The molecule has 2 aromatic rings. The summed E-state index contributed by atoms with van der Waals surface area (Å²) in [5.41, 5.74) is -8.07. The van der Waals surface area contributed by atoms with Crippen LogP contribution in [0.4, 0.5) is 77.2 Å². The number of nitrogens with one attached hydrogen (secondary N) is 3. The van der Waals surface area contributed by atoms with E-state index in [1.165, 1.54) is 6.92 Å². The fraction of sp³-hybridized carbons (Fsp3) is 0.300. The average Bonchev–Trinajstić information content (AvgIpc) is 3.62. The summed E-state index contributed by atoms with van der Waals surface area (Å²) in [6, 6.07) is 1.15. The van der Waals surface area contributed by atoms with Crippen molar-refractivity contribution in [3.8, 4) is 0 Å². The number of rotatable bonds is 10. The van der Waals surface area contributed by atoms with Crippen LogP contribution in [-0.2, 0) is 26.7 Å². The fourth-order valence-corrected chi connectivity index (χ4v) is 5.40. The van der Waals surface area contributed by atoms with Crippen LogP contribution < -0.4 is 16.0 Å². The second-order valence-electron chi connectivity index (χ2n) is 11.1. The Morgan fingerprint density at radius 2 is 1.33 bits per heavy atom. The lowest BCUT2D eigenvalue weighted by atomic mass is 10.0. The molecule has 0 bridgehead atoms. The highest BCUT2D eigenvalue weighted by Crippen LogP contribution is 2.65. The molecule has 1 aliphatic carbocycles. The number of halogens is 18. The Hall–Kier alpha value is -4.11. The minimum absolute atomic E-state index is 0.142. The second kappa shape index (κ2) is 14.9. The van der Waals surface area contributed by atoms with E-state index >= 15 is 0 Å². The van der Waals surface area contributed by atoms with Crippen LogP contribution in [0.5, 0.6) is 0 Å². The number of carbonyl (C=O) groups is 3. The van der Waals surface area contributed by atoms with E-state index in [-0.39, 0.29) is 17.8 Å². The summed E-state index contributed by atoms with van der Waals surface area (Å²) in [7, 11) is 0. The zero-order valence-electron chi connectivity index (χ0n) is 25.9. The van der Waals surface area contributed by atoms with Crippen LogP contribution in [0.1, 0.15) is 29.5 Å². The molecule has 0 aromatic heterocycles. The molecule has 3 N–H and O–H groups in total. The number of benzene rings is 2. The number of hydrogen-bond donors (Lipinski definition) is 3. The lowest BCUT2D eigenvalue weighted by Crippen LogP contribution is -2.57. The first-order chi connectivity index (χ1) is 24.3. The number of carbonyl (C=O) groups excluding carboxylic acids is 3. The Bertz CT molecular complexity index is 1910. The van der Waals surface area contributed by atoms with Crippen molar-refractivity contribution >= 4 is 63.9 Å². The summed E-state index contributed by atoms with van der Waals surface area (Å²) in [5.74, 6) is -26.8. The van der Waals surface area contributed by atoms with Crippen molar-refractivity contribution in [1.29, 1.82) is 0 Å². The highest BCUT2D eigenvalue weighted by molar-refractivity contribution is 6.53. The van der Waals surface area contributed by atoms with Crippen LogP contribution in [0.2, 0.25) is 0 Å². The summed E-state index contributed by atoms with van der Waals surface area (Å²) < 4.78 is 198. The van der Waals surface area contributed by atoms with E-state index in [0.29, 0.717) is 23.5 Å². The maximum absolute atomic E-state index is 14.8. The van der Waals surface area contributed by atoms with Gasteiger partial charge in [0.15, 0.2) is 5.82 Å². The molecule has 0 spiro atoms. The highest BCUT2D eigenvalue weighted by atomic mass is 35.5. The summed E-state index contributed by atoms with van der Waals surface area (Å²) in [5, 5.41) is 3.87. The number of amides is 3. The molecular weight excluding hydrogens is 842 g/mol. The van der Waals surface area contributed by atoms with Crippen molar-refractivity contribution in [2.45, 2.75) is 47.5 Å². The summed E-state index contributed by atoms with van der Waals surface area (Å²) in [4.78, 5) is 37.0. The number of anilines is 2. The van der Waals surface area contributed by atoms with Gasteiger partial charge in [-0.3, -0.25) is 14.4 Å². The molecule has 24 heteroatoms. The third-order valence-electron chi connectivity index (χ3n) is 7.28. The van der Waals surface area contributed by atoms with Gasteiger partial charge in [0.25, 0.3) is 5.91 Å². The van der Waals surface area contributed by atoms with E-state index in [9.17, 15) is 80.2 Å². The molecule has 1 aliphatic rings. The van der Waals surface area contributed by atoms with Crippen LogP contribution in [0.15, 0.2) is 65.4 Å². The topological polar surface area (TPSA) is 87.3 Å². The number of hydrogen-bond acceptors (Lipinski definition) is 3. The van der Waals surface area contributed by atoms with Crippen molar-refractivity contribution in [2.24, 2.45) is 5.92 Å². The third kappa shape index (κ3) is 9.05. The first-order valence-electron chi connectivity index (χ1n) is 13.9. The monoisotopic (exact) mass is 857 g/mol. The summed E-state index contributed by atoms with van der Waals surface area (Å²) in [6.07, 6.45) is -15.6. The Morgan fingerprint density at radius 1 is 0.815 bits per heavy atom. The lowest BCUT2D eigenvalue weighted by molar-refractivity contribution is -0.343. The molecule has 1 saturated carbocycles. The van der Waals surface area contributed by atoms with Gasteiger partial charge in [0.05, 0.1) is 33.3 Å². The van der Waals surface area contributed by atoms with Crippen LogP contribution in [0.25, 0.3) is 0 Å². The van der Waals surface area contributed by atoms with Crippen LogP contribution in [-0.4, -0.2) is 40.1 Å². The highest BCUT2D eigenvalue weighted by Gasteiger charge is 2.76. The van der Waals surface area contributed by atoms with Crippen LogP contribution >= 0.6 is 34.8 Å². The SMILES string of the molecule is C=C(C(=O)Nc1ccc(F)c(NC(=O)C(F)(F)C(F)(F)C(F)(F)F)c1F)/C(Cl)=C\C=C(/C)NC(=O)C1C(c2cc(C(F)(F)F)cc(C(F)(F)F)c2)C1(Cl)Cl. The average molecular weight is 859 g/mol. The van der Waals surface area contributed by atoms with Gasteiger partial charge >= 0.3 is 36.3 Å². The van der Waals surface area contributed by atoms with E-state index in [1.54, 1.807) is 5.32 Å². The number of allylic oxidation sites excluding steroid dienone is 3.